The largest absolute Gasteiger partial charge is 0.338 e. The molecule has 0 aromatic rings. The number of nitrogens with one attached hydrogen (secondary N) is 2. The van der Waals surface area contributed by atoms with Crippen molar-refractivity contribution >= 4 is 6.03 Å². The van der Waals surface area contributed by atoms with Gasteiger partial charge in [0.1, 0.15) is 0 Å². The molecule has 70 valence electrons. The molecule has 2 amide bonds. The summed E-state index contributed by atoms with van der Waals surface area (Å²) in [6.07, 6.45) is 3.83. The Morgan fingerprint density at radius 2 is 2.25 bits per heavy atom. The summed E-state index contributed by atoms with van der Waals surface area (Å²) in [6.45, 7) is 4.68. The van der Waals surface area contributed by atoms with E-state index in [1.807, 2.05) is 6.92 Å². The molecule has 0 radical (unpaired) electrons. The van der Waals surface area contributed by atoms with Gasteiger partial charge in [0, 0.05) is 12.6 Å². The molecule has 3 nitrogen and oxygen atoms in total. The molecule has 1 aliphatic rings. The van der Waals surface area contributed by atoms with Crippen molar-refractivity contribution in [1.29, 1.82) is 0 Å². The summed E-state index contributed by atoms with van der Waals surface area (Å²) in [5.74, 6) is 0.877. The molecule has 0 spiro atoms. The molecule has 3 heteroatoms. The highest BCUT2D eigenvalue weighted by atomic mass is 16.2. The highest BCUT2D eigenvalue weighted by Gasteiger charge is 2.23. The van der Waals surface area contributed by atoms with Crippen LogP contribution >= 0.6 is 0 Å². The monoisotopic (exact) mass is 170 g/mol. The molecule has 1 unspecified atom stereocenters. The minimum absolute atomic E-state index is 0.0364. The molecule has 0 saturated heterocycles. The van der Waals surface area contributed by atoms with Gasteiger partial charge in [-0.3, -0.25) is 0 Å². The maximum absolute atomic E-state index is 11.0. The number of rotatable bonds is 4. The van der Waals surface area contributed by atoms with Crippen LogP contribution < -0.4 is 10.6 Å². The number of hydrogen-bond acceptors (Lipinski definition) is 1. The highest BCUT2D eigenvalue weighted by Crippen LogP contribution is 2.33. The van der Waals surface area contributed by atoms with Crippen LogP contribution in [0.1, 0.15) is 33.1 Å². The lowest BCUT2D eigenvalue weighted by Crippen LogP contribution is -2.40. The van der Waals surface area contributed by atoms with E-state index in [0.717, 1.165) is 12.3 Å². The average Bonchev–Trinajstić information content (AvgIpc) is 2.71. The Hall–Kier alpha value is -0.730. The summed E-state index contributed by atoms with van der Waals surface area (Å²) in [7, 11) is 0. The van der Waals surface area contributed by atoms with Gasteiger partial charge in [-0.2, -0.15) is 0 Å². The van der Waals surface area contributed by atoms with Crippen LogP contribution in [-0.4, -0.2) is 18.6 Å². The summed E-state index contributed by atoms with van der Waals surface area (Å²) < 4.78 is 0. The fourth-order valence-corrected chi connectivity index (χ4v) is 1.35. The third-order valence-electron chi connectivity index (χ3n) is 2.10. The van der Waals surface area contributed by atoms with E-state index in [9.17, 15) is 4.79 Å². The first-order chi connectivity index (χ1) is 5.72. The molecule has 1 fully saturated rings. The molecular weight excluding hydrogens is 152 g/mol. The maximum Gasteiger partial charge on any atom is 0.314 e. The van der Waals surface area contributed by atoms with Gasteiger partial charge < -0.3 is 10.6 Å². The van der Waals surface area contributed by atoms with Crippen molar-refractivity contribution in [2.75, 3.05) is 6.54 Å². The fraction of sp³-hybridized carbons (Fsp3) is 0.889. The molecule has 0 aromatic heterocycles. The third kappa shape index (κ3) is 3.60. The Balaban J connectivity index is 2.06. The van der Waals surface area contributed by atoms with Gasteiger partial charge in [0.05, 0.1) is 0 Å². The molecule has 2 N–H and O–H groups in total. The zero-order valence-electron chi connectivity index (χ0n) is 7.89. The van der Waals surface area contributed by atoms with Gasteiger partial charge in [-0.15, -0.1) is 0 Å². The van der Waals surface area contributed by atoms with E-state index in [4.69, 9.17) is 0 Å². The molecule has 1 atom stereocenters. The van der Waals surface area contributed by atoms with Gasteiger partial charge in [-0.1, -0.05) is 12.8 Å². The number of carbonyl (C=O) groups is 1. The van der Waals surface area contributed by atoms with Crippen LogP contribution in [0.25, 0.3) is 0 Å². The molecular formula is C9H18N2O. The van der Waals surface area contributed by atoms with Crippen LogP contribution in [0.15, 0.2) is 0 Å². The zero-order valence-corrected chi connectivity index (χ0v) is 7.89. The number of urea groups is 1. The van der Waals surface area contributed by atoms with E-state index in [1.54, 1.807) is 0 Å². The van der Waals surface area contributed by atoms with Gasteiger partial charge in [0.15, 0.2) is 0 Å². The van der Waals surface area contributed by atoms with E-state index in [0.29, 0.717) is 12.6 Å². The van der Waals surface area contributed by atoms with Crippen molar-refractivity contribution in [1.82, 2.24) is 10.6 Å². The van der Waals surface area contributed by atoms with Crippen LogP contribution in [0.4, 0.5) is 4.79 Å². The molecule has 1 aliphatic carbocycles. The summed E-state index contributed by atoms with van der Waals surface area (Å²) in [4.78, 5) is 11.0. The number of hydrogen-bond donors (Lipinski definition) is 2. The van der Waals surface area contributed by atoms with Crippen LogP contribution in [0, 0.1) is 5.92 Å². The normalized spacial score (nSPS) is 18.5. The summed E-state index contributed by atoms with van der Waals surface area (Å²) in [6, 6.07) is 0.287. The Morgan fingerprint density at radius 1 is 1.58 bits per heavy atom. The second-order valence-corrected chi connectivity index (χ2v) is 3.58. The molecule has 0 bridgehead atoms. The van der Waals surface area contributed by atoms with Crippen LogP contribution in [0.5, 0.6) is 0 Å². The molecule has 0 aliphatic heterocycles. The van der Waals surface area contributed by atoms with Crippen LogP contribution in [0.3, 0.4) is 0 Å². The first-order valence-corrected chi connectivity index (χ1v) is 4.76. The SMILES string of the molecule is CCNC(=O)NC(C)CC1CC1. The van der Waals surface area contributed by atoms with Crippen LogP contribution in [0.2, 0.25) is 0 Å². The fourth-order valence-electron chi connectivity index (χ4n) is 1.35. The first kappa shape index (κ1) is 9.36. The molecule has 1 saturated carbocycles. The minimum atomic E-state index is -0.0364. The van der Waals surface area contributed by atoms with Crippen LogP contribution in [-0.2, 0) is 0 Å². The predicted molar refractivity (Wildman–Crippen MR) is 49.0 cm³/mol. The van der Waals surface area contributed by atoms with E-state index < -0.39 is 0 Å². The van der Waals surface area contributed by atoms with E-state index in [2.05, 4.69) is 17.6 Å². The van der Waals surface area contributed by atoms with Gasteiger partial charge in [-0.05, 0) is 26.2 Å². The predicted octanol–water partition coefficient (Wildman–Crippen LogP) is 1.49. The topological polar surface area (TPSA) is 41.1 Å². The Kier molecular flexibility index (Phi) is 3.38. The van der Waals surface area contributed by atoms with Crippen molar-refractivity contribution < 1.29 is 4.79 Å². The van der Waals surface area contributed by atoms with Crippen molar-refractivity contribution in [3.63, 3.8) is 0 Å². The molecule has 0 heterocycles. The van der Waals surface area contributed by atoms with Gasteiger partial charge >= 0.3 is 6.03 Å². The first-order valence-electron chi connectivity index (χ1n) is 4.76. The summed E-state index contributed by atoms with van der Waals surface area (Å²) >= 11 is 0. The lowest BCUT2D eigenvalue weighted by Gasteiger charge is -2.13. The molecule has 1 rings (SSSR count). The van der Waals surface area contributed by atoms with Gasteiger partial charge in [-0.25, -0.2) is 4.79 Å². The summed E-state index contributed by atoms with van der Waals surface area (Å²) in [5.41, 5.74) is 0. The smallest absolute Gasteiger partial charge is 0.314 e. The Bertz CT molecular complexity index is 155. The van der Waals surface area contributed by atoms with Gasteiger partial charge in [0.25, 0.3) is 0 Å². The van der Waals surface area contributed by atoms with Gasteiger partial charge in [0.2, 0.25) is 0 Å². The standard InChI is InChI=1S/C9H18N2O/c1-3-10-9(12)11-7(2)6-8-4-5-8/h7-8H,3-6H2,1-2H3,(H2,10,11,12). The summed E-state index contributed by atoms with van der Waals surface area (Å²) in [5, 5.41) is 5.62. The van der Waals surface area contributed by atoms with Crippen molar-refractivity contribution in [2.24, 2.45) is 5.92 Å². The van der Waals surface area contributed by atoms with Crippen molar-refractivity contribution in [3.8, 4) is 0 Å². The second-order valence-electron chi connectivity index (χ2n) is 3.58. The lowest BCUT2D eigenvalue weighted by atomic mass is 10.2. The van der Waals surface area contributed by atoms with E-state index in [1.165, 1.54) is 12.8 Å². The highest BCUT2D eigenvalue weighted by molar-refractivity contribution is 5.74. The number of amides is 2. The molecule has 0 aromatic carbocycles. The minimum Gasteiger partial charge on any atom is -0.338 e. The quantitative estimate of drug-likeness (QED) is 0.659. The zero-order chi connectivity index (χ0) is 8.97. The van der Waals surface area contributed by atoms with E-state index >= 15 is 0 Å². The lowest BCUT2D eigenvalue weighted by molar-refractivity contribution is 0.237. The second kappa shape index (κ2) is 4.33. The average molecular weight is 170 g/mol. The maximum atomic E-state index is 11.0. The Labute approximate surface area is 73.9 Å². The van der Waals surface area contributed by atoms with E-state index in [-0.39, 0.29) is 6.03 Å². The van der Waals surface area contributed by atoms with Crippen molar-refractivity contribution in [2.45, 2.75) is 39.2 Å². The third-order valence-corrected chi connectivity index (χ3v) is 2.10. The molecule has 12 heavy (non-hydrogen) atoms. The Morgan fingerprint density at radius 3 is 2.75 bits per heavy atom. The number of carbonyl (C=O) groups excluding carboxylic acids is 1. The van der Waals surface area contributed by atoms with Crippen molar-refractivity contribution in [3.05, 3.63) is 0 Å².